The van der Waals surface area contributed by atoms with E-state index in [0.29, 0.717) is 5.02 Å². The van der Waals surface area contributed by atoms with Crippen molar-refractivity contribution >= 4 is 23.2 Å². The maximum absolute atomic E-state index is 12.3. The number of carbonyl (C=O) groups excluding carboxylic acids is 1. The third kappa shape index (κ3) is 3.95. The summed E-state index contributed by atoms with van der Waals surface area (Å²) in [6.07, 6.45) is 0.314. The first-order valence-electron chi connectivity index (χ1n) is 6.91. The minimum atomic E-state index is -0.181. The zero-order chi connectivity index (χ0) is 14.7. The fourth-order valence-electron chi connectivity index (χ4n) is 2.48. The van der Waals surface area contributed by atoms with Crippen LogP contribution in [0.4, 0.5) is 5.69 Å². The van der Waals surface area contributed by atoms with Gasteiger partial charge in [-0.25, -0.2) is 0 Å². The summed E-state index contributed by atoms with van der Waals surface area (Å²) in [7, 11) is 0. The largest absolute Gasteiger partial charge is 0.373 e. The van der Waals surface area contributed by atoms with Crippen molar-refractivity contribution in [3.63, 3.8) is 0 Å². The van der Waals surface area contributed by atoms with Gasteiger partial charge in [-0.2, -0.15) is 0 Å². The average Bonchev–Trinajstić information content (AvgIpc) is 2.39. The monoisotopic (exact) mass is 296 g/mol. The number of halogens is 1. The molecule has 0 saturated carbocycles. The predicted molar refractivity (Wildman–Crippen MR) is 81.1 cm³/mol. The number of nitrogens with one attached hydrogen (secondary N) is 1. The van der Waals surface area contributed by atoms with Crippen molar-refractivity contribution in [2.24, 2.45) is 0 Å². The van der Waals surface area contributed by atoms with Gasteiger partial charge in [0.2, 0.25) is 5.91 Å². The zero-order valence-corrected chi connectivity index (χ0v) is 12.9. The molecule has 1 N–H and O–H groups in total. The second kappa shape index (κ2) is 6.57. The van der Waals surface area contributed by atoms with Crippen molar-refractivity contribution in [3.05, 3.63) is 29.3 Å². The molecule has 5 heteroatoms. The Kier molecular flexibility index (Phi) is 5.02. The van der Waals surface area contributed by atoms with Gasteiger partial charge in [-0.15, -0.1) is 0 Å². The molecule has 1 fully saturated rings. The smallest absolute Gasteiger partial charge is 0.241 e. The van der Waals surface area contributed by atoms with Crippen LogP contribution >= 0.6 is 11.6 Å². The van der Waals surface area contributed by atoms with E-state index in [1.165, 1.54) is 0 Å². The number of ether oxygens (including phenoxy) is 1. The number of amides is 1. The Hall–Kier alpha value is -1.10. The van der Waals surface area contributed by atoms with E-state index in [9.17, 15) is 4.79 Å². The maximum atomic E-state index is 12.3. The third-order valence-corrected chi connectivity index (χ3v) is 3.74. The van der Waals surface area contributed by atoms with Gasteiger partial charge in [-0.1, -0.05) is 11.6 Å². The van der Waals surface area contributed by atoms with E-state index in [1.54, 1.807) is 24.3 Å². The Bertz CT molecular complexity index is 453. The molecule has 1 aromatic carbocycles. The first-order chi connectivity index (χ1) is 9.45. The van der Waals surface area contributed by atoms with Crippen molar-refractivity contribution in [1.82, 2.24) is 4.90 Å². The molecule has 0 aromatic heterocycles. The van der Waals surface area contributed by atoms with E-state index in [-0.39, 0.29) is 24.2 Å². The molecule has 20 heavy (non-hydrogen) atoms. The Balaban J connectivity index is 1.96. The molecule has 1 aliphatic rings. The number of morpholine rings is 1. The van der Waals surface area contributed by atoms with Crippen LogP contribution in [-0.2, 0) is 9.53 Å². The molecule has 4 nitrogen and oxygen atoms in total. The lowest BCUT2D eigenvalue weighted by molar-refractivity contribution is -0.126. The van der Waals surface area contributed by atoms with Gasteiger partial charge in [0.05, 0.1) is 18.2 Å². The standard InChI is InChI=1S/C15H21ClN2O2/c1-10-8-18(9-11(2)20-10)12(3)15(19)17-14-6-4-13(16)5-7-14/h4-7,10-12H,8-9H2,1-3H3,(H,17,19)/t10-,11-,12-/m0/s1. The quantitative estimate of drug-likeness (QED) is 0.932. The van der Waals surface area contributed by atoms with Crippen molar-refractivity contribution in [2.75, 3.05) is 18.4 Å². The Morgan fingerprint density at radius 3 is 2.40 bits per heavy atom. The molecular weight excluding hydrogens is 276 g/mol. The normalized spacial score (nSPS) is 25.2. The van der Waals surface area contributed by atoms with Crippen LogP contribution in [0, 0.1) is 0 Å². The summed E-state index contributed by atoms with van der Waals surface area (Å²) in [5.74, 6) is -0.00591. The lowest BCUT2D eigenvalue weighted by Crippen LogP contribution is -2.52. The molecule has 1 saturated heterocycles. The Morgan fingerprint density at radius 2 is 1.85 bits per heavy atom. The Labute approximate surface area is 125 Å². The molecule has 1 heterocycles. The summed E-state index contributed by atoms with van der Waals surface area (Å²) < 4.78 is 5.69. The lowest BCUT2D eigenvalue weighted by atomic mass is 10.1. The predicted octanol–water partition coefficient (Wildman–Crippen LogP) is 2.78. The van der Waals surface area contributed by atoms with Crippen molar-refractivity contribution in [1.29, 1.82) is 0 Å². The molecular formula is C15H21ClN2O2. The van der Waals surface area contributed by atoms with Crippen LogP contribution in [0.25, 0.3) is 0 Å². The number of hydrogen-bond acceptors (Lipinski definition) is 3. The third-order valence-electron chi connectivity index (χ3n) is 3.49. The summed E-state index contributed by atoms with van der Waals surface area (Å²) in [4.78, 5) is 14.4. The van der Waals surface area contributed by atoms with Crippen LogP contribution in [0.1, 0.15) is 20.8 Å². The van der Waals surface area contributed by atoms with Crippen LogP contribution < -0.4 is 5.32 Å². The summed E-state index contributed by atoms with van der Waals surface area (Å²) in [6.45, 7) is 7.55. The van der Waals surface area contributed by atoms with Crippen molar-refractivity contribution in [2.45, 2.75) is 39.0 Å². The number of benzene rings is 1. The number of hydrogen-bond donors (Lipinski definition) is 1. The topological polar surface area (TPSA) is 41.6 Å². The van der Waals surface area contributed by atoms with Crippen LogP contribution in [0.2, 0.25) is 5.02 Å². The van der Waals surface area contributed by atoms with Crippen molar-refractivity contribution in [3.8, 4) is 0 Å². The highest BCUT2D eigenvalue weighted by molar-refractivity contribution is 6.30. The minimum absolute atomic E-state index is 0.00591. The van der Waals surface area contributed by atoms with E-state index in [4.69, 9.17) is 16.3 Å². The van der Waals surface area contributed by atoms with Gasteiger partial charge in [-0.05, 0) is 45.0 Å². The van der Waals surface area contributed by atoms with Gasteiger partial charge in [0, 0.05) is 23.8 Å². The molecule has 110 valence electrons. The minimum Gasteiger partial charge on any atom is -0.373 e. The SMILES string of the molecule is C[C@H]1CN([C@@H](C)C(=O)Nc2ccc(Cl)cc2)C[C@H](C)O1. The summed E-state index contributed by atoms with van der Waals surface area (Å²) >= 11 is 5.83. The maximum Gasteiger partial charge on any atom is 0.241 e. The summed E-state index contributed by atoms with van der Waals surface area (Å²) in [5, 5.41) is 3.57. The molecule has 1 amide bonds. The molecule has 3 atom stereocenters. The van der Waals surface area contributed by atoms with Gasteiger partial charge in [0.1, 0.15) is 0 Å². The van der Waals surface area contributed by atoms with E-state index in [0.717, 1.165) is 18.8 Å². The fourth-order valence-corrected chi connectivity index (χ4v) is 2.61. The van der Waals surface area contributed by atoms with Crippen LogP contribution in [0.3, 0.4) is 0 Å². The Morgan fingerprint density at radius 1 is 1.30 bits per heavy atom. The van der Waals surface area contributed by atoms with Gasteiger partial charge in [0.15, 0.2) is 0 Å². The molecule has 1 aromatic rings. The highest BCUT2D eigenvalue weighted by Crippen LogP contribution is 2.16. The van der Waals surface area contributed by atoms with Crippen LogP contribution in [0.15, 0.2) is 24.3 Å². The summed E-state index contributed by atoms with van der Waals surface area (Å²) in [5.41, 5.74) is 0.764. The van der Waals surface area contributed by atoms with Crippen LogP contribution in [0.5, 0.6) is 0 Å². The molecule has 0 unspecified atom stereocenters. The molecule has 1 aliphatic heterocycles. The molecule has 0 radical (unpaired) electrons. The van der Waals surface area contributed by atoms with E-state index in [2.05, 4.69) is 10.2 Å². The summed E-state index contributed by atoms with van der Waals surface area (Å²) in [6, 6.07) is 6.95. The molecule has 2 rings (SSSR count). The molecule has 0 bridgehead atoms. The highest BCUT2D eigenvalue weighted by atomic mass is 35.5. The number of anilines is 1. The number of carbonyl (C=O) groups is 1. The van der Waals surface area contributed by atoms with Gasteiger partial charge in [-0.3, -0.25) is 9.69 Å². The zero-order valence-electron chi connectivity index (χ0n) is 12.1. The number of rotatable bonds is 3. The molecule has 0 spiro atoms. The van der Waals surface area contributed by atoms with Gasteiger partial charge >= 0.3 is 0 Å². The first kappa shape index (κ1) is 15.3. The van der Waals surface area contributed by atoms with Crippen LogP contribution in [-0.4, -0.2) is 42.1 Å². The van der Waals surface area contributed by atoms with Crippen molar-refractivity contribution < 1.29 is 9.53 Å². The molecule has 0 aliphatic carbocycles. The number of nitrogens with zero attached hydrogens (tertiary/aromatic N) is 1. The second-order valence-corrected chi connectivity index (χ2v) is 5.82. The van der Waals surface area contributed by atoms with Gasteiger partial charge < -0.3 is 10.1 Å². The average molecular weight is 297 g/mol. The first-order valence-corrected chi connectivity index (χ1v) is 7.29. The van der Waals surface area contributed by atoms with E-state index in [1.807, 2.05) is 20.8 Å². The van der Waals surface area contributed by atoms with Gasteiger partial charge in [0.25, 0.3) is 0 Å². The van der Waals surface area contributed by atoms with E-state index < -0.39 is 0 Å². The second-order valence-electron chi connectivity index (χ2n) is 5.38. The fraction of sp³-hybridized carbons (Fsp3) is 0.533. The van der Waals surface area contributed by atoms with E-state index >= 15 is 0 Å². The lowest BCUT2D eigenvalue weighted by Gasteiger charge is -2.38. The highest BCUT2D eigenvalue weighted by Gasteiger charge is 2.29.